The average Bonchev–Trinajstić information content (AvgIpc) is 2.65. The van der Waals surface area contributed by atoms with Crippen molar-refractivity contribution in [3.63, 3.8) is 0 Å². The second kappa shape index (κ2) is 4.48. The average molecular weight is 217 g/mol. The molecule has 2 N–H and O–H groups in total. The summed E-state index contributed by atoms with van der Waals surface area (Å²) in [6, 6.07) is 8.94. The number of benzene rings is 1. The van der Waals surface area contributed by atoms with Gasteiger partial charge >= 0.3 is 12.0 Å². The number of para-hydroxylation sites is 1. The van der Waals surface area contributed by atoms with Gasteiger partial charge in [0.25, 0.3) is 0 Å². The molecule has 5 nitrogen and oxygen atoms in total. The molecule has 0 spiro atoms. The summed E-state index contributed by atoms with van der Waals surface area (Å²) in [5, 5.41) is 5.13. The maximum absolute atomic E-state index is 11.5. The number of carbonyl (C=O) groups is 1. The Balaban J connectivity index is 1.95. The molecule has 0 aliphatic rings. The number of hydrogen-bond donors (Lipinski definition) is 2. The molecule has 82 valence electrons. The van der Waals surface area contributed by atoms with E-state index in [1.807, 2.05) is 18.2 Å². The van der Waals surface area contributed by atoms with Gasteiger partial charge in [-0.1, -0.05) is 18.2 Å². The van der Waals surface area contributed by atoms with E-state index in [-0.39, 0.29) is 12.0 Å². The van der Waals surface area contributed by atoms with Gasteiger partial charge in [0.2, 0.25) is 0 Å². The lowest BCUT2D eigenvalue weighted by Crippen LogP contribution is -2.19. The first-order chi connectivity index (χ1) is 7.74. The van der Waals surface area contributed by atoms with Crippen LogP contribution in [0.3, 0.4) is 0 Å². The summed E-state index contributed by atoms with van der Waals surface area (Å²) in [4.78, 5) is 15.4. The highest BCUT2D eigenvalue weighted by atomic mass is 16.4. The topological polar surface area (TPSA) is 67.2 Å². The molecule has 1 aromatic heterocycles. The lowest BCUT2D eigenvalue weighted by atomic mass is 10.3. The summed E-state index contributed by atoms with van der Waals surface area (Å²) in [5.41, 5.74) is 1.43. The van der Waals surface area contributed by atoms with Crippen LogP contribution in [0.15, 0.2) is 41.0 Å². The summed E-state index contributed by atoms with van der Waals surface area (Å²) in [6.45, 7) is 1.78. The maximum Gasteiger partial charge on any atom is 0.327 e. The third-order valence-electron chi connectivity index (χ3n) is 1.87. The van der Waals surface area contributed by atoms with Gasteiger partial charge in [-0.2, -0.15) is 4.98 Å². The molecule has 0 saturated heterocycles. The van der Waals surface area contributed by atoms with Gasteiger partial charge in [-0.3, -0.25) is 5.32 Å². The molecule has 0 bridgehead atoms. The fraction of sp³-hybridized carbons (Fsp3) is 0.0909. The maximum atomic E-state index is 11.5. The Kier molecular flexibility index (Phi) is 2.86. The predicted octanol–water partition coefficient (Wildman–Crippen LogP) is 2.63. The SMILES string of the molecule is Cc1coc(NC(=O)Nc2ccccc2)n1. The van der Waals surface area contributed by atoms with Crippen molar-refractivity contribution in [1.82, 2.24) is 4.98 Å². The van der Waals surface area contributed by atoms with E-state index in [1.165, 1.54) is 6.26 Å². The zero-order valence-electron chi connectivity index (χ0n) is 8.73. The van der Waals surface area contributed by atoms with Gasteiger partial charge in [0.15, 0.2) is 0 Å². The van der Waals surface area contributed by atoms with E-state index in [2.05, 4.69) is 15.6 Å². The summed E-state index contributed by atoms with van der Waals surface area (Å²) in [7, 11) is 0. The molecule has 0 radical (unpaired) electrons. The number of anilines is 2. The fourth-order valence-electron chi connectivity index (χ4n) is 1.19. The van der Waals surface area contributed by atoms with Gasteiger partial charge in [-0.05, 0) is 19.1 Å². The largest absolute Gasteiger partial charge is 0.432 e. The Morgan fingerprint density at radius 2 is 2.00 bits per heavy atom. The zero-order chi connectivity index (χ0) is 11.4. The molecule has 2 amide bonds. The summed E-state index contributed by atoms with van der Waals surface area (Å²) >= 11 is 0. The molecule has 0 aliphatic heterocycles. The van der Waals surface area contributed by atoms with Crippen molar-refractivity contribution in [2.45, 2.75) is 6.92 Å². The van der Waals surface area contributed by atoms with Crippen LogP contribution >= 0.6 is 0 Å². The highest BCUT2D eigenvalue weighted by Crippen LogP contribution is 2.08. The quantitative estimate of drug-likeness (QED) is 0.812. The minimum Gasteiger partial charge on any atom is -0.432 e. The molecule has 1 heterocycles. The van der Waals surface area contributed by atoms with E-state index in [9.17, 15) is 4.79 Å². The molecule has 0 fully saturated rings. The molecular weight excluding hydrogens is 206 g/mol. The molecule has 0 aliphatic carbocycles. The third-order valence-corrected chi connectivity index (χ3v) is 1.87. The van der Waals surface area contributed by atoms with Crippen LogP contribution in [-0.2, 0) is 0 Å². The van der Waals surface area contributed by atoms with Crippen molar-refractivity contribution in [3.8, 4) is 0 Å². The van der Waals surface area contributed by atoms with E-state index >= 15 is 0 Å². The minimum atomic E-state index is -0.381. The van der Waals surface area contributed by atoms with Crippen molar-refractivity contribution in [2.24, 2.45) is 0 Å². The Morgan fingerprint density at radius 1 is 1.25 bits per heavy atom. The van der Waals surface area contributed by atoms with Crippen molar-refractivity contribution in [1.29, 1.82) is 0 Å². The fourth-order valence-corrected chi connectivity index (χ4v) is 1.19. The van der Waals surface area contributed by atoms with Gasteiger partial charge in [0.1, 0.15) is 6.26 Å². The van der Waals surface area contributed by atoms with E-state index in [4.69, 9.17) is 4.42 Å². The standard InChI is InChI=1S/C11H11N3O2/c1-8-7-16-11(12-8)14-10(15)13-9-5-3-2-4-6-9/h2-7H,1H3,(H2,12,13,14,15). The molecule has 16 heavy (non-hydrogen) atoms. The number of aromatic nitrogens is 1. The Hall–Kier alpha value is -2.30. The molecule has 0 saturated carbocycles. The first-order valence-corrected chi connectivity index (χ1v) is 4.79. The van der Waals surface area contributed by atoms with E-state index < -0.39 is 0 Å². The van der Waals surface area contributed by atoms with Crippen molar-refractivity contribution >= 4 is 17.7 Å². The van der Waals surface area contributed by atoms with Crippen LogP contribution in [0.25, 0.3) is 0 Å². The number of amides is 2. The van der Waals surface area contributed by atoms with Crippen LogP contribution in [0.5, 0.6) is 0 Å². The normalized spacial score (nSPS) is 9.81. The molecule has 2 rings (SSSR count). The van der Waals surface area contributed by atoms with Gasteiger partial charge in [-0.25, -0.2) is 4.79 Å². The Labute approximate surface area is 92.5 Å². The van der Waals surface area contributed by atoms with Crippen molar-refractivity contribution in [2.75, 3.05) is 10.6 Å². The number of nitrogens with one attached hydrogen (secondary N) is 2. The molecule has 1 aromatic carbocycles. The Bertz CT molecular complexity index is 479. The lowest BCUT2D eigenvalue weighted by Gasteiger charge is -2.03. The lowest BCUT2D eigenvalue weighted by molar-refractivity contribution is 0.261. The number of urea groups is 1. The van der Waals surface area contributed by atoms with Crippen LogP contribution in [0.2, 0.25) is 0 Å². The van der Waals surface area contributed by atoms with Gasteiger partial charge in [0.05, 0.1) is 5.69 Å². The number of carbonyl (C=O) groups excluding carboxylic acids is 1. The van der Waals surface area contributed by atoms with Crippen LogP contribution in [-0.4, -0.2) is 11.0 Å². The van der Waals surface area contributed by atoms with Crippen LogP contribution in [0.4, 0.5) is 16.5 Å². The molecule has 5 heteroatoms. The third kappa shape index (κ3) is 2.60. The summed E-state index contributed by atoms with van der Waals surface area (Å²) in [6.07, 6.45) is 1.47. The zero-order valence-corrected chi connectivity index (χ0v) is 8.73. The minimum absolute atomic E-state index is 0.186. The van der Waals surface area contributed by atoms with E-state index in [1.54, 1.807) is 19.1 Å². The van der Waals surface area contributed by atoms with Crippen LogP contribution in [0, 0.1) is 6.92 Å². The smallest absolute Gasteiger partial charge is 0.327 e. The van der Waals surface area contributed by atoms with E-state index in [0.717, 1.165) is 5.69 Å². The molecule has 0 unspecified atom stereocenters. The van der Waals surface area contributed by atoms with Crippen LogP contribution < -0.4 is 10.6 Å². The highest BCUT2D eigenvalue weighted by Gasteiger charge is 2.05. The van der Waals surface area contributed by atoms with Crippen molar-refractivity contribution in [3.05, 3.63) is 42.3 Å². The number of nitrogens with zero attached hydrogens (tertiary/aromatic N) is 1. The number of aryl methyl sites for hydroxylation is 1. The first-order valence-electron chi connectivity index (χ1n) is 4.79. The monoisotopic (exact) mass is 217 g/mol. The second-order valence-electron chi connectivity index (χ2n) is 3.24. The Morgan fingerprint density at radius 3 is 2.62 bits per heavy atom. The highest BCUT2D eigenvalue weighted by molar-refractivity contribution is 5.98. The number of rotatable bonds is 2. The summed E-state index contributed by atoms with van der Waals surface area (Å²) < 4.78 is 4.99. The first kappa shape index (κ1) is 10.2. The van der Waals surface area contributed by atoms with Gasteiger partial charge in [0, 0.05) is 5.69 Å². The van der Waals surface area contributed by atoms with Crippen molar-refractivity contribution < 1.29 is 9.21 Å². The predicted molar refractivity (Wildman–Crippen MR) is 60.3 cm³/mol. The number of oxazole rings is 1. The number of hydrogen-bond acceptors (Lipinski definition) is 3. The van der Waals surface area contributed by atoms with Gasteiger partial charge in [-0.15, -0.1) is 0 Å². The van der Waals surface area contributed by atoms with Crippen LogP contribution in [0.1, 0.15) is 5.69 Å². The van der Waals surface area contributed by atoms with E-state index in [0.29, 0.717) is 5.69 Å². The molecule has 2 aromatic rings. The second-order valence-corrected chi connectivity index (χ2v) is 3.24. The molecular formula is C11H11N3O2. The van der Waals surface area contributed by atoms with Gasteiger partial charge < -0.3 is 9.73 Å². The summed E-state index contributed by atoms with van der Waals surface area (Å²) in [5.74, 6) is 0. The molecule has 0 atom stereocenters.